The number of rotatable bonds is 7. The van der Waals surface area contributed by atoms with E-state index >= 15 is 0 Å². The molecule has 3 aromatic rings. The van der Waals surface area contributed by atoms with Gasteiger partial charge in [0.05, 0.1) is 24.3 Å². The predicted octanol–water partition coefficient (Wildman–Crippen LogP) is 4.19. The predicted molar refractivity (Wildman–Crippen MR) is 147 cm³/mol. The first-order chi connectivity index (χ1) is 18.3. The number of carbonyl (C=O) groups excluding carboxylic acids is 4. The van der Waals surface area contributed by atoms with E-state index in [1.807, 2.05) is 0 Å². The molecule has 0 saturated carbocycles. The quantitative estimate of drug-likeness (QED) is 0.335. The van der Waals surface area contributed by atoms with E-state index in [0.29, 0.717) is 27.5 Å². The van der Waals surface area contributed by atoms with Crippen molar-refractivity contribution in [2.75, 3.05) is 16.8 Å². The van der Waals surface area contributed by atoms with Gasteiger partial charge in [-0.05, 0) is 79.8 Å². The molecule has 0 bridgehead atoms. The Morgan fingerprint density at radius 2 is 1.63 bits per heavy atom. The number of amides is 3. The van der Waals surface area contributed by atoms with Crippen molar-refractivity contribution < 1.29 is 23.9 Å². The molecule has 4 rings (SSSR count). The minimum absolute atomic E-state index is 0.0781. The van der Waals surface area contributed by atoms with Crippen LogP contribution in [0.4, 0.5) is 11.4 Å². The minimum Gasteiger partial charge on any atom is -0.462 e. The molecule has 0 spiro atoms. The highest BCUT2D eigenvalue weighted by molar-refractivity contribution is 7.80. The second-order valence-corrected chi connectivity index (χ2v) is 8.97. The average molecular weight is 551 g/mol. The highest BCUT2D eigenvalue weighted by Crippen LogP contribution is 2.26. The van der Waals surface area contributed by atoms with Gasteiger partial charge in [0, 0.05) is 16.3 Å². The SMILES string of the molecule is CCOC(=O)c1ccc(NC(=O)C2CC(=O)N(c3ccc(Cl)cc3)C(=S)N2NC(=O)c2ccccc2)cc1. The Balaban J connectivity index is 1.59. The van der Waals surface area contributed by atoms with E-state index < -0.39 is 29.7 Å². The van der Waals surface area contributed by atoms with Crippen LogP contribution in [-0.4, -0.2) is 46.5 Å². The molecule has 0 aromatic heterocycles. The van der Waals surface area contributed by atoms with Crippen LogP contribution in [0.25, 0.3) is 0 Å². The molecular weight excluding hydrogens is 528 g/mol. The van der Waals surface area contributed by atoms with Crippen molar-refractivity contribution >= 4 is 64.0 Å². The van der Waals surface area contributed by atoms with E-state index in [1.165, 1.54) is 22.0 Å². The van der Waals surface area contributed by atoms with E-state index in [-0.39, 0.29) is 18.1 Å². The van der Waals surface area contributed by atoms with E-state index in [9.17, 15) is 19.2 Å². The third kappa shape index (κ3) is 5.99. The number of halogens is 1. The van der Waals surface area contributed by atoms with Gasteiger partial charge in [-0.1, -0.05) is 29.8 Å². The number of benzene rings is 3. The first-order valence-corrected chi connectivity index (χ1v) is 12.4. The Hall–Kier alpha value is -4.28. The topological polar surface area (TPSA) is 108 Å². The van der Waals surface area contributed by atoms with E-state index in [1.54, 1.807) is 73.7 Å². The molecule has 0 radical (unpaired) electrons. The van der Waals surface area contributed by atoms with Crippen molar-refractivity contribution in [1.29, 1.82) is 0 Å². The summed E-state index contributed by atoms with van der Waals surface area (Å²) in [6, 6.07) is 19.8. The van der Waals surface area contributed by atoms with Crippen molar-refractivity contribution in [3.63, 3.8) is 0 Å². The number of anilines is 2. The van der Waals surface area contributed by atoms with E-state index in [0.717, 1.165) is 0 Å². The molecule has 9 nitrogen and oxygen atoms in total. The van der Waals surface area contributed by atoms with Crippen LogP contribution in [0.5, 0.6) is 0 Å². The number of hydrazine groups is 1. The summed E-state index contributed by atoms with van der Waals surface area (Å²) in [6.07, 6.45) is -0.273. The fraction of sp³-hybridized carbons (Fsp3) is 0.148. The number of hydrogen-bond donors (Lipinski definition) is 2. The number of hydrogen-bond acceptors (Lipinski definition) is 6. The first-order valence-electron chi connectivity index (χ1n) is 11.6. The van der Waals surface area contributed by atoms with Crippen molar-refractivity contribution in [3.05, 3.63) is 95.0 Å². The van der Waals surface area contributed by atoms with E-state index in [2.05, 4.69) is 10.7 Å². The molecule has 1 aliphatic rings. The number of carbonyl (C=O) groups is 4. The molecule has 3 aromatic carbocycles. The highest BCUT2D eigenvalue weighted by atomic mass is 35.5. The van der Waals surface area contributed by atoms with Gasteiger partial charge < -0.3 is 10.1 Å². The van der Waals surface area contributed by atoms with Gasteiger partial charge in [0.2, 0.25) is 16.9 Å². The van der Waals surface area contributed by atoms with Crippen LogP contribution in [0.2, 0.25) is 5.02 Å². The lowest BCUT2D eigenvalue weighted by molar-refractivity contribution is -0.127. The Morgan fingerprint density at radius 1 is 0.974 bits per heavy atom. The molecule has 1 saturated heterocycles. The Bertz CT molecular complexity index is 1370. The van der Waals surface area contributed by atoms with Crippen LogP contribution in [0, 0.1) is 0 Å². The van der Waals surface area contributed by atoms with Gasteiger partial charge in [0.1, 0.15) is 6.04 Å². The fourth-order valence-electron chi connectivity index (χ4n) is 3.77. The van der Waals surface area contributed by atoms with Gasteiger partial charge in [-0.3, -0.25) is 24.7 Å². The lowest BCUT2D eigenvalue weighted by atomic mass is 10.1. The summed E-state index contributed by atoms with van der Waals surface area (Å²) in [4.78, 5) is 52.7. The maximum Gasteiger partial charge on any atom is 0.338 e. The first kappa shape index (κ1) is 26.8. The summed E-state index contributed by atoms with van der Waals surface area (Å²) < 4.78 is 4.97. The molecule has 38 heavy (non-hydrogen) atoms. The molecular formula is C27H23ClN4O5S. The van der Waals surface area contributed by atoms with Crippen molar-refractivity contribution in [2.24, 2.45) is 0 Å². The van der Waals surface area contributed by atoms with Crippen molar-refractivity contribution in [2.45, 2.75) is 19.4 Å². The van der Waals surface area contributed by atoms with Crippen LogP contribution >= 0.6 is 23.8 Å². The number of esters is 1. The summed E-state index contributed by atoms with van der Waals surface area (Å²) in [7, 11) is 0. The van der Waals surface area contributed by atoms with Crippen LogP contribution in [0.15, 0.2) is 78.9 Å². The lowest BCUT2D eigenvalue weighted by Crippen LogP contribution is -2.65. The normalized spacial score (nSPS) is 15.2. The van der Waals surface area contributed by atoms with Crippen LogP contribution in [0.3, 0.4) is 0 Å². The highest BCUT2D eigenvalue weighted by Gasteiger charge is 2.42. The van der Waals surface area contributed by atoms with Crippen molar-refractivity contribution in [1.82, 2.24) is 10.4 Å². The Morgan fingerprint density at radius 3 is 2.26 bits per heavy atom. The molecule has 194 valence electrons. The largest absolute Gasteiger partial charge is 0.462 e. The smallest absolute Gasteiger partial charge is 0.338 e. The van der Waals surface area contributed by atoms with Crippen LogP contribution in [-0.2, 0) is 14.3 Å². The molecule has 1 fully saturated rings. The van der Waals surface area contributed by atoms with Gasteiger partial charge in [0.25, 0.3) is 5.91 Å². The standard InChI is InChI=1S/C27H23ClN4O5S/c1-2-37-26(36)18-8-12-20(13-9-18)29-25(35)22-16-23(33)31(21-14-10-19(28)11-15-21)27(38)32(22)30-24(34)17-6-4-3-5-7-17/h3-15,22H,2,16H2,1H3,(H,29,35)(H,30,34). The summed E-state index contributed by atoms with van der Waals surface area (Å²) in [5, 5.41) is 4.33. The summed E-state index contributed by atoms with van der Waals surface area (Å²) in [6.45, 7) is 1.95. The summed E-state index contributed by atoms with van der Waals surface area (Å²) in [5.41, 5.74) is 4.18. The maximum absolute atomic E-state index is 13.4. The van der Waals surface area contributed by atoms with Gasteiger partial charge in [-0.25, -0.2) is 9.80 Å². The number of thiocarbonyl (C=S) groups is 1. The number of nitrogens with one attached hydrogen (secondary N) is 2. The zero-order chi connectivity index (χ0) is 27.2. The number of nitrogens with zero attached hydrogens (tertiary/aromatic N) is 2. The van der Waals surface area contributed by atoms with Gasteiger partial charge in [0.15, 0.2) is 0 Å². The molecule has 1 unspecified atom stereocenters. The van der Waals surface area contributed by atoms with Gasteiger partial charge in [-0.2, -0.15) is 0 Å². The third-order valence-corrected chi connectivity index (χ3v) is 6.27. The second kappa shape index (κ2) is 11.8. The zero-order valence-corrected chi connectivity index (χ0v) is 21.8. The molecule has 1 atom stereocenters. The summed E-state index contributed by atoms with van der Waals surface area (Å²) >= 11 is 11.6. The van der Waals surface area contributed by atoms with E-state index in [4.69, 9.17) is 28.6 Å². The monoisotopic (exact) mass is 550 g/mol. The Kier molecular flexibility index (Phi) is 8.35. The molecule has 1 aliphatic heterocycles. The van der Waals surface area contributed by atoms with Crippen LogP contribution in [0.1, 0.15) is 34.1 Å². The zero-order valence-electron chi connectivity index (χ0n) is 20.2. The third-order valence-electron chi connectivity index (χ3n) is 5.64. The van der Waals surface area contributed by atoms with Gasteiger partial charge >= 0.3 is 5.97 Å². The van der Waals surface area contributed by atoms with Gasteiger partial charge in [-0.15, -0.1) is 0 Å². The molecule has 1 heterocycles. The van der Waals surface area contributed by atoms with Crippen molar-refractivity contribution in [3.8, 4) is 0 Å². The average Bonchev–Trinajstić information content (AvgIpc) is 2.92. The summed E-state index contributed by atoms with van der Waals surface area (Å²) in [5.74, 6) is -1.99. The molecule has 3 amide bonds. The minimum atomic E-state index is -1.14. The second-order valence-electron chi connectivity index (χ2n) is 8.17. The molecule has 2 N–H and O–H groups in total. The Labute approximate surface area is 229 Å². The number of ether oxygens (including phenoxy) is 1. The molecule has 0 aliphatic carbocycles. The fourth-order valence-corrected chi connectivity index (χ4v) is 4.28. The maximum atomic E-state index is 13.4. The van der Waals surface area contributed by atoms with Crippen LogP contribution < -0.4 is 15.6 Å². The molecule has 11 heteroatoms. The lowest BCUT2D eigenvalue weighted by Gasteiger charge is -2.41.